The Morgan fingerprint density at radius 3 is 2.91 bits per heavy atom. The third-order valence-electron chi connectivity index (χ3n) is 5.52. The van der Waals surface area contributed by atoms with Crippen LogP contribution in [0, 0.1) is 5.92 Å². The molecule has 1 unspecified atom stereocenters. The Kier molecular flexibility index (Phi) is 5.91. The van der Waals surface area contributed by atoms with Crippen molar-refractivity contribution < 1.29 is 18.8 Å². The van der Waals surface area contributed by atoms with Crippen LogP contribution < -0.4 is 14.8 Å². The molecule has 166 valence electrons. The van der Waals surface area contributed by atoms with Gasteiger partial charge in [0.2, 0.25) is 24.4 Å². The third kappa shape index (κ3) is 4.53. The number of ether oxygens (including phenoxy) is 2. The van der Waals surface area contributed by atoms with Crippen molar-refractivity contribution in [1.29, 1.82) is 0 Å². The van der Waals surface area contributed by atoms with Crippen LogP contribution >= 0.6 is 23.2 Å². The Bertz CT molecular complexity index is 1150. The van der Waals surface area contributed by atoms with E-state index in [0.29, 0.717) is 57.6 Å². The molecule has 1 atom stereocenters. The van der Waals surface area contributed by atoms with Gasteiger partial charge in [-0.15, -0.1) is 0 Å². The fraction of sp³-hybridized carbons (Fsp3) is 0.318. The van der Waals surface area contributed by atoms with Gasteiger partial charge in [0.05, 0.1) is 17.5 Å². The minimum absolute atomic E-state index is 0.0206. The van der Waals surface area contributed by atoms with Crippen molar-refractivity contribution in [3.63, 3.8) is 0 Å². The van der Waals surface area contributed by atoms with E-state index in [2.05, 4.69) is 20.4 Å². The number of nitrogens with one attached hydrogen (secondary N) is 1. The van der Waals surface area contributed by atoms with Gasteiger partial charge >= 0.3 is 0 Å². The number of piperidine rings is 1. The summed E-state index contributed by atoms with van der Waals surface area (Å²) in [5.41, 5.74) is 1.35. The van der Waals surface area contributed by atoms with Gasteiger partial charge in [-0.2, -0.15) is 4.98 Å². The summed E-state index contributed by atoms with van der Waals surface area (Å²) in [5.74, 6) is 2.06. The molecule has 2 aliphatic heterocycles. The molecule has 1 N–H and O–H groups in total. The molecule has 1 amide bonds. The van der Waals surface area contributed by atoms with E-state index in [-0.39, 0.29) is 18.6 Å². The molecule has 32 heavy (non-hydrogen) atoms. The summed E-state index contributed by atoms with van der Waals surface area (Å²) in [6.07, 6.45) is 1.73. The fourth-order valence-corrected chi connectivity index (χ4v) is 4.42. The van der Waals surface area contributed by atoms with Crippen molar-refractivity contribution >= 4 is 34.8 Å². The highest BCUT2D eigenvalue weighted by Crippen LogP contribution is 2.34. The first kappa shape index (κ1) is 21.1. The highest BCUT2D eigenvalue weighted by atomic mass is 35.5. The highest BCUT2D eigenvalue weighted by Gasteiger charge is 2.27. The molecule has 0 aliphatic carbocycles. The first-order valence-corrected chi connectivity index (χ1v) is 11.0. The number of halogens is 2. The van der Waals surface area contributed by atoms with Crippen LogP contribution in [0.15, 0.2) is 40.9 Å². The Balaban J connectivity index is 1.21. The lowest BCUT2D eigenvalue weighted by Crippen LogP contribution is -2.40. The minimum Gasteiger partial charge on any atom is -0.454 e. The molecule has 5 rings (SSSR count). The van der Waals surface area contributed by atoms with E-state index in [1.54, 1.807) is 30.3 Å². The average molecular weight is 475 g/mol. The molecule has 0 saturated carbocycles. The Morgan fingerprint density at radius 2 is 2.03 bits per heavy atom. The van der Waals surface area contributed by atoms with Crippen LogP contribution in [-0.4, -0.2) is 40.8 Å². The first-order valence-electron chi connectivity index (χ1n) is 10.3. The van der Waals surface area contributed by atoms with Crippen LogP contribution in [0.4, 0.5) is 5.69 Å². The number of aromatic nitrogens is 2. The van der Waals surface area contributed by atoms with E-state index < -0.39 is 0 Å². The van der Waals surface area contributed by atoms with Gasteiger partial charge in [0.1, 0.15) is 0 Å². The smallest absolute Gasteiger partial charge is 0.241 e. The SMILES string of the molecule is O=C(Nc1ccc2c(c1)OCO2)C1CCCN(Cc2nc(-c3ccc(Cl)cc3Cl)no2)C1. The summed E-state index contributed by atoms with van der Waals surface area (Å²) in [4.78, 5) is 19.4. The summed E-state index contributed by atoms with van der Waals surface area (Å²) < 4.78 is 16.1. The monoisotopic (exact) mass is 474 g/mol. The number of fused-ring (bicyclic) bond motifs is 1. The van der Waals surface area contributed by atoms with Crippen molar-refractivity contribution in [2.75, 3.05) is 25.2 Å². The fourth-order valence-electron chi connectivity index (χ4n) is 3.92. The molecule has 0 radical (unpaired) electrons. The number of nitrogens with zero attached hydrogens (tertiary/aromatic N) is 3. The van der Waals surface area contributed by atoms with Gasteiger partial charge in [0.15, 0.2) is 11.5 Å². The second-order valence-electron chi connectivity index (χ2n) is 7.77. The molecule has 8 nitrogen and oxygen atoms in total. The predicted octanol–water partition coefficient (Wildman–Crippen LogP) is 4.62. The maximum absolute atomic E-state index is 12.8. The molecule has 3 heterocycles. The van der Waals surface area contributed by atoms with Crippen molar-refractivity contribution in [1.82, 2.24) is 15.0 Å². The van der Waals surface area contributed by atoms with Gasteiger partial charge in [-0.05, 0) is 49.7 Å². The van der Waals surface area contributed by atoms with E-state index in [1.807, 2.05) is 6.07 Å². The lowest BCUT2D eigenvalue weighted by atomic mass is 9.97. The lowest BCUT2D eigenvalue weighted by molar-refractivity contribution is -0.121. The third-order valence-corrected chi connectivity index (χ3v) is 6.06. The summed E-state index contributed by atoms with van der Waals surface area (Å²) >= 11 is 12.2. The van der Waals surface area contributed by atoms with E-state index >= 15 is 0 Å². The molecule has 3 aromatic rings. The second-order valence-corrected chi connectivity index (χ2v) is 8.61. The molecule has 1 aromatic heterocycles. The largest absolute Gasteiger partial charge is 0.454 e. The van der Waals surface area contributed by atoms with Crippen molar-refractivity contribution in [2.45, 2.75) is 19.4 Å². The topological polar surface area (TPSA) is 89.7 Å². The van der Waals surface area contributed by atoms with Crippen LogP contribution in [-0.2, 0) is 11.3 Å². The zero-order valence-electron chi connectivity index (χ0n) is 17.0. The van der Waals surface area contributed by atoms with Crippen LogP contribution in [0.3, 0.4) is 0 Å². The van der Waals surface area contributed by atoms with Crippen LogP contribution in [0.2, 0.25) is 10.0 Å². The maximum atomic E-state index is 12.8. The molecule has 0 bridgehead atoms. The van der Waals surface area contributed by atoms with Crippen molar-refractivity contribution in [3.05, 3.63) is 52.3 Å². The highest BCUT2D eigenvalue weighted by molar-refractivity contribution is 6.36. The normalized spacial score (nSPS) is 18.0. The zero-order chi connectivity index (χ0) is 22.1. The Hall–Kier alpha value is -2.81. The van der Waals surface area contributed by atoms with E-state index in [4.69, 9.17) is 37.2 Å². The standard InChI is InChI=1S/C22H20Cl2N4O4/c23-14-3-5-16(17(24)8-14)21-26-20(32-27-21)11-28-7-1-2-13(10-28)22(29)25-15-4-6-18-19(9-15)31-12-30-18/h3-6,8-9,13H,1-2,7,10-12H2,(H,25,29). The summed E-state index contributed by atoms with van der Waals surface area (Å²) in [7, 11) is 0. The van der Waals surface area contributed by atoms with Gasteiger partial charge in [-0.1, -0.05) is 28.4 Å². The van der Waals surface area contributed by atoms with Crippen LogP contribution in [0.25, 0.3) is 11.4 Å². The number of carbonyl (C=O) groups is 1. The van der Waals surface area contributed by atoms with E-state index in [1.165, 1.54) is 0 Å². The van der Waals surface area contributed by atoms with Gasteiger partial charge in [-0.3, -0.25) is 9.69 Å². The Labute approximate surface area is 194 Å². The van der Waals surface area contributed by atoms with Gasteiger partial charge in [0.25, 0.3) is 0 Å². The number of amides is 1. The van der Waals surface area contributed by atoms with Crippen molar-refractivity contribution in [3.8, 4) is 22.9 Å². The summed E-state index contributed by atoms with van der Waals surface area (Å²) in [5, 5.41) is 8.03. The second kappa shape index (κ2) is 8.97. The molecule has 1 fully saturated rings. The molecular formula is C22H20Cl2N4O4. The molecule has 1 saturated heterocycles. The summed E-state index contributed by atoms with van der Waals surface area (Å²) in [6, 6.07) is 10.5. The minimum atomic E-state index is -0.137. The number of likely N-dealkylation sites (tertiary alicyclic amines) is 1. The van der Waals surface area contributed by atoms with Crippen LogP contribution in [0.1, 0.15) is 18.7 Å². The van der Waals surface area contributed by atoms with Gasteiger partial charge in [-0.25, -0.2) is 0 Å². The number of hydrogen-bond acceptors (Lipinski definition) is 7. The van der Waals surface area contributed by atoms with E-state index in [0.717, 1.165) is 19.4 Å². The van der Waals surface area contributed by atoms with Crippen LogP contribution in [0.5, 0.6) is 11.5 Å². The number of hydrogen-bond donors (Lipinski definition) is 1. The lowest BCUT2D eigenvalue weighted by Gasteiger charge is -2.30. The quantitative estimate of drug-likeness (QED) is 0.576. The number of benzene rings is 2. The molecular weight excluding hydrogens is 455 g/mol. The Morgan fingerprint density at radius 1 is 1.16 bits per heavy atom. The van der Waals surface area contributed by atoms with Crippen molar-refractivity contribution in [2.24, 2.45) is 5.92 Å². The van der Waals surface area contributed by atoms with Gasteiger partial charge in [0, 0.05) is 28.9 Å². The zero-order valence-corrected chi connectivity index (χ0v) is 18.5. The first-order chi connectivity index (χ1) is 15.5. The number of carbonyl (C=O) groups excluding carboxylic acids is 1. The average Bonchev–Trinajstić information content (AvgIpc) is 3.43. The maximum Gasteiger partial charge on any atom is 0.241 e. The molecule has 0 spiro atoms. The predicted molar refractivity (Wildman–Crippen MR) is 119 cm³/mol. The molecule has 2 aliphatic rings. The number of rotatable bonds is 5. The molecule has 10 heteroatoms. The number of anilines is 1. The van der Waals surface area contributed by atoms with E-state index in [9.17, 15) is 4.79 Å². The summed E-state index contributed by atoms with van der Waals surface area (Å²) in [6.45, 7) is 2.13. The van der Waals surface area contributed by atoms with Gasteiger partial charge < -0.3 is 19.3 Å². The molecule has 2 aromatic carbocycles.